The maximum atomic E-state index is 11.8. The van der Waals surface area contributed by atoms with Gasteiger partial charge in [-0.3, -0.25) is 0 Å². The van der Waals surface area contributed by atoms with E-state index < -0.39 is 0 Å². The van der Waals surface area contributed by atoms with Gasteiger partial charge >= 0.3 is 6.03 Å². The molecule has 0 aliphatic carbocycles. The maximum absolute atomic E-state index is 11.8. The first-order valence-corrected chi connectivity index (χ1v) is 8.36. The number of hydrogen-bond donors (Lipinski definition) is 2. The summed E-state index contributed by atoms with van der Waals surface area (Å²) in [5.41, 5.74) is 2.22. The number of ether oxygens (including phenoxy) is 3. The van der Waals surface area contributed by atoms with Gasteiger partial charge in [-0.15, -0.1) is 0 Å². The lowest BCUT2D eigenvalue weighted by atomic mass is 10.2. The van der Waals surface area contributed by atoms with Gasteiger partial charge in [0.15, 0.2) is 11.5 Å². The van der Waals surface area contributed by atoms with Crippen molar-refractivity contribution in [1.82, 2.24) is 10.6 Å². The van der Waals surface area contributed by atoms with Crippen LogP contribution in [0.2, 0.25) is 0 Å². The van der Waals surface area contributed by atoms with Gasteiger partial charge in [-0.25, -0.2) is 4.79 Å². The zero-order chi connectivity index (χ0) is 17.5. The predicted molar refractivity (Wildman–Crippen MR) is 94.1 cm³/mol. The quantitative estimate of drug-likeness (QED) is 0.759. The van der Waals surface area contributed by atoms with E-state index in [1.165, 1.54) is 5.56 Å². The normalized spacial score (nSPS) is 11.9. The molecule has 2 aromatic rings. The zero-order valence-corrected chi connectivity index (χ0v) is 14.2. The van der Waals surface area contributed by atoms with Crippen molar-refractivity contribution in [3.8, 4) is 17.2 Å². The fourth-order valence-electron chi connectivity index (χ4n) is 2.45. The van der Waals surface area contributed by atoms with Crippen LogP contribution in [0.5, 0.6) is 17.2 Å². The molecule has 1 heterocycles. The van der Waals surface area contributed by atoms with Crippen LogP contribution in [0, 0.1) is 0 Å². The molecule has 2 N–H and O–H groups in total. The minimum atomic E-state index is -0.234. The third-order valence-electron chi connectivity index (χ3n) is 3.88. The van der Waals surface area contributed by atoms with E-state index >= 15 is 0 Å². The van der Waals surface area contributed by atoms with Crippen molar-refractivity contribution in [3.63, 3.8) is 0 Å². The molecule has 0 saturated heterocycles. The van der Waals surface area contributed by atoms with Crippen molar-refractivity contribution >= 4 is 6.03 Å². The van der Waals surface area contributed by atoms with Gasteiger partial charge in [0.25, 0.3) is 0 Å². The van der Waals surface area contributed by atoms with Crippen molar-refractivity contribution < 1.29 is 19.0 Å². The van der Waals surface area contributed by atoms with E-state index in [1.807, 2.05) is 42.5 Å². The first-order valence-electron chi connectivity index (χ1n) is 8.36. The molecule has 6 heteroatoms. The van der Waals surface area contributed by atoms with E-state index in [0.717, 1.165) is 23.5 Å². The molecule has 0 bridgehead atoms. The summed E-state index contributed by atoms with van der Waals surface area (Å²) in [7, 11) is 0. The second-order valence-electron chi connectivity index (χ2n) is 5.64. The third-order valence-corrected chi connectivity index (χ3v) is 3.88. The molecule has 0 atom stereocenters. The number of urea groups is 1. The first-order chi connectivity index (χ1) is 12.2. The van der Waals surface area contributed by atoms with Crippen LogP contribution in [0.25, 0.3) is 0 Å². The third kappa shape index (κ3) is 4.79. The molecule has 0 saturated carbocycles. The number of benzene rings is 2. The maximum Gasteiger partial charge on any atom is 0.315 e. The molecule has 25 heavy (non-hydrogen) atoms. The van der Waals surface area contributed by atoms with Crippen LogP contribution in [-0.2, 0) is 13.0 Å². The predicted octanol–water partition coefficient (Wildman–Crippen LogP) is 2.86. The summed E-state index contributed by atoms with van der Waals surface area (Å²) in [6.07, 6.45) is 1.01. The smallest absolute Gasteiger partial charge is 0.315 e. The standard InChI is InChI=1S/C19H22N2O4/c1-2-14-3-6-16(7-4-14)23-10-9-20-19(22)21-12-15-5-8-17-18(11-15)25-13-24-17/h3-8,11H,2,9-10,12-13H2,1H3,(H2,20,21,22). The molecule has 2 amide bonds. The summed E-state index contributed by atoms with van der Waals surface area (Å²) in [5.74, 6) is 2.25. The number of aryl methyl sites for hydroxylation is 1. The van der Waals surface area contributed by atoms with Crippen LogP contribution in [-0.4, -0.2) is 26.0 Å². The van der Waals surface area contributed by atoms with Gasteiger partial charge < -0.3 is 24.8 Å². The van der Waals surface area contributed by atoms with E-state index in [-0.39, 0.29) is 12.8 Å². The Kier molecular flexibility index (Phi) is 5.61. The van der Waals surface area contributed by atoms with Gasteiger partial charge in [-0.1, -0.05) is 25.1 Å². The van der Waals surface area contributed by atoms with E-state index in [9.17, 15) is 4.79 Å². The van der Waals surface area contributed by atoms with Crippen molar-refractivity contribution in [2.75, 3.05) is 19.9 Å². The van der Waals surface area contributed by atoms with Crippen LogP contribution in [0.3, 0.4) is 0 Å². The lowest BCUT2D eigenvalue weighted by molar-refractivity contribution is 0.174. The highest BCUT2D eigenvalue weighted by atomic mass is 16.7. The second-order valence-corrected chi connectivity index (χ2v) is 5.64. The Morgan fingerprint density at radius 2 is 1.80 bits per heavy atom. The van der Waals surface area contributed by atoms with Crippen LogP contribution >= 0.6 is 0 Å². The van der Waals surface area contributed by atoms with Crippen molar-refractivity contribution in [3.05, 3.63) is 53.6 Å². The van der Waals surface area contributed by atoms with Crippen LogP contribution in [0.1, 0.15) is 18.1 Å². The summed E-state index contributed by atoms with van der Waals surface area (Å²) in [6, 6.07) is 13.3. The Bertz CT molecular complexity index is 716. The topological polar surface area (TPSA) is 68.8 Å². The van der Waals surface area contributed by atoms with E-state index in [0.29, 0.717) is 25.4 Å². The van der Waals surface area contributed by atoms with Gasteiger partial charge in [-0.05, 0) is 41.8 Å². The molecule has 0 fully saturated rings. The Morgan fingerprint density at radius 3 is 2.60 bits per heavy atom. The summed E-state index contributed by atoms with van der Waals surface area (Å²) < 4.78 is 16.2. The largest absolute Gasteiger partial charge is 0.492 e. The average Bonchev–Trinajstić information content (AvgIpc) is 3.12. The summed E-state index contributed by atoms with van der Waals surface area (Å²) >= 11 is 0. The molecule has 0 spiro atoms. The number of carbonyl (C=O) groups excluding carboxylic acids is 1. The first kappa shape index (κ1) is 17.0. The highest BCUT2D eigenvalue weighted by molar-refractivity contribution is 5.73. The van der Waals surface area contributed by atoms with Gasteiger partial charge in [-0.2, -0.15) is 0 Å². The number of hydrogen-bond acceptors (Lipinski definition) is 4. The molecular formula is C19H22N2O4. The van der Waals surface area contributed by atoms with Gasteiger partial charge in [0.05, 0.1) is 6.54 Å². The van der Waals surface area contributed by atoms with Crippen LogP contribution in [0.15, 0.2) is 42.5 Å². The fourth-order valence-corrected chi connectivity index (χ4v) is 2.45. The van der Waals surface area contributed by atoms with Crippen LogP contribution in [0.4, 0.5) is 4.79 Å². The van der Waals surface area contributed by atoms with Gasteiger partial charge in [0, 0.05) is 6.54 Å². The number of nitrogens with one attached hydrogen (secondary N) is 2. The van der Waals surface area contributed by atoms with Crippen LogP contribution < -0.4 is 24.8 Å². The molecule has 0 unspecified atom stereocenters. The highest BCUT2D eigenvalue weighted by Crippen LogP contribution is 2.32. The lowest BCUT2D eigenvalue weighted by Crippen LogP contribution is -2.37. The minimum Gasteiger partial charge on any atom is -0.492 e. The van der Waals surface area contributed by atoms with E-state index in [4.69, 9.17) is 14.2 Å². The number of rotatable bonds is 7. The summed E-state index contributed by atoms with van der Waals surface area (Å²) in [6.45, 7) is 3.63. The van der Waals surface area contributed by atoms with Crippen molar-refractivity contribution in [2.24, 2.45) is 0 Å². The SMILES string of the molecule is CCc1ccc(OCCNC(=O)NCc2ccc3c(c2)OCO3)cc1. The summed E-state index contributed by atoms with van der Waals surface area (Å²) in [4.78, 5) is 11.8. The second kappa shape index (κ2) is 8.28. The number of amides is 2. The minimum absolute atomic E-state index is 0.234. The Morgan fingerprint density at radius 1 is 1.04 bits per heavy atom. The fraction of sp³-hybridized carbons (Fsp3) is 0.316. The molecule has 3 rings (SSSR count). The van der Waals surface area contributed by atoms with E-state index in [2.05, 4.69) is 17.6 Å². The molecule has 1 aliphatic rings. The molecule has 6 nitrogen and oxygen atoms in total. The van der Waals surface area contributed by atoms with E-state index in [1.54, 1.807) is 0 Å². The van der Waals surface area contributed by atoms with Gasteiger partial charge in [0.1, 0.15) is 12.4 Å². The molecular weight excluding hydrogens is 320 g/mol. The molecule has 1 aliphatic heterocycles. The molecule has 0 radical (unpaired) electrons. The number of fused-ring (bicyclic) bond motifs is 1. The van der Waals surface area contributed by atoms with Crippen molar-refractivity contribution in [2.45, 2.75) is 19.9 Å². The molecule has 132 valence electrons. The van der Waals surface area contributed by atoms with Gasteiger partial charge in [0.2, 0.25) is 6.79 Å². The monoisotopic (exact) mass is 342 g/mol. The average molecular weight is 342 g/mol. The Balaban J connectivity index is 1.34. The van der Waals surface area contributed by atoms with Crippen molar-refractivity contribution in [1.29, 1.82) is 0 Å². The Labute approximate surface area is 147 Å². The lowest BCUT2D eigenvalue weighted by Gasteiger charge is -2.10. The number of carbonyl (C=O) groups is 1. The Hall–Kier alpha value is -2.89. The summed E-state index contributed by atoms with van der Waals surface area (Å²) in [5, 5.41) is 5.57. The zero-order valence-electron chi connectivity index (χ0n) is 14.2. The molecule has 2 aromatic carbocycles. The highest BCUT2D eigenvalue weighted by Gasteiger charge is 2.13. The molecule has 0 aromatic heterocycles.